The van der Waals surface area contributed by atoms with Gasteiger partial charge in [-0.25, -0.2) is 0 Å². The van der Waals surface area contributed by atoms with Gasteiger partial charge in [-0.05, 0) is 19.9 Å². The zero-order chi connectivity index (χ0) is 16.2. The van der Waals surface area contributed by atoms with Crippen LogP contribution in [0.3, 0.4) is 0 Å². The SMILES string of the molecule is CC(=O)C(NC(=O)CN(C)C1COCC1C(=O)O)C(C)C. The Morgan fingerprint density at radius 2 is 1.95 bits per heavy atom. The first-order chi connectivity index (χ1) is 9.73. The molecule has 1 saturated heterocycles. The maximum absolute atomic E-state index is 12.0. The number of aliphatic carboxylic acids is 1. The van der Waals surface area contributed by atoms with Crippen LogP contribution in [0.5, 0.6) is 0 Å². The molecule has 1 amide bonds. The van der Waals surface area contributed by atoms with Gasteiger partial charge in [0.25, 0.3) is 0 Å². The van der Waals surface area contributed by atoms with Gasteiger partial charge < -0.3 is 15.2 Å². The topological polar surface area (TPSA) is 95.9 Å². The Bertz CT molecular complexity index is 410. The largest absolute Gasteiger partial charge is 0.481 e. The number of ether oxygens (including phenoxy) is 1. The summed E-state index contributed by atoms with van der Waals surface area (Å²) in [6, 6.07) is -0.843. The van der Waals surface area contributed by atoms with Crippen LogP contribution in [0.25, 0.3) is 0 Å². The number of nitrogens with one attached hydrogen (secondary N) is 1. The highest BCUT2D eigenvalue weighted by Crippen LogP contribution is 2.18. The summed E-state index contributed by atoms with van der Waals surface area (Å²) in [5.74, 6) is -1.92. The molecule has 0 aromatic carbocycles. The fraction of sp³-hybridized carbons (Fsp3) is 0.786. The van der Waals surface area contributed by atoms with Crippen molar-refractivity contribution in [2.75, 3.05) is 26.8 Å². The van der Waals surface area contributed by atoms with Crippen molar-refractivity contribution in [2.45, 2.75) is 32.9 Å². The van der Waals surface area contributed by atoms with Crippen molar-refractivity contribution in [1.29, 1.82) is 0 Å². The highest BCUT2D eigenvalue weighted by Gasteiger charge is 2.37. The van der Waals surface area contributed by atoms with Crippen molar-refractivity contribution in [1.82, 2.24) is 10.2 Å². The lowest BCUT2D eigenvalue weighted by Gasteiger charge is -2.27. The third-order valence-electron chi connectivity index (χ3n) is 3.75. The van der Waals surface area contributed by atoms with Crippen molar-refractivity contribution < 1.29 is 24.2 Å². The summed E-state index contributed by atoms with van der Waals surface area (Å²) >= 11 is 0. The van der Waals surface area contributed by atoms with E-state index in [4.69, 9.17) is 9.84 Å². The van der Waals surface area contributed by atoms with Crippen LogP contribution in [0.15, 0.2) is 0 Å². The van der Waals surface area contributed by atoms with Gasteiger partial charge in [0.05, 0.1) is 31.7 Å². The van der Waals surface area contributed by atoms with Crippen LogP contribution in [0, 0.1) is 11.8 Å². The molecule has 0 aliphatic carbocycles. The van der Waals surface area contributed by atoms with Crippen molar-refractivity contribution >= 4 is 17.7 Å². The molecule has 1 heterocycles. The maximum Gasteiger partial charge on any atom is 0.310 e. The van der Waals surface area contributed by atoms with Gasteiger partial charge >= 0.3 is 5.97 Å². The van der Waals surface area contributed by atoms with Gasteiger partial charge in [-0.1, -0.05) is 13.8 Å². The molecule has 0 aromatic rings. The summed E-state index contributed by atoms with van der Waals surface area (Å²) in [4.78, 5) is 36.3. The van der Waals surface area contributed by atoms with E-state index in [2.05, 4.69) is 5.32 Å². The molecule has 7 nitrogen and oxygen atoms in total. The van der Waals surface area contributed by atoms with E-state index in [0.717, 1.165) is 0 Å². The first-order valence-electron chi connectivity index (χ1n) is 7.04. The Labute approximate surface area is 124 Å². The molecule has 0 bridgehead atoms. The van der Waals surface area contributed by atoms with Crippen LogP contribution < -0.4 is 5.32 Å². The summed E-state index contributed by atoms with van der Waals surface area (Å²) < 4.78 is 5.18. The summed E-state index contributed by atoms with van der Waals surface area (Å²) in [6.07, 6.45) is 0. The van der Waals surface area contributed by atoms with Gasteiger partial charge in [0.15, 0.2) is 5.78 Å². The second kappa shape index (κ2) is 7.51. The summed E-state index contributed by atoms with van der Waals surface area (Å²) in [5.41, 5.74) is 0. The van der Waals surface area contributed by atoms with Gasteiger partial charge in [-0.2, -0.15) is 0 Å². The standard InChI is InChI=1S/C14H24N2O5/c1-8(2)13(9(3)17)15-12(18)5-16(4)11-7-21-6-10(11)14(19)20/h8,10-11,13H,5-7H2,1-4H3,(H,15,18)(H,19,20). The zero-order valence-corrected chi connectivity index (χ0v) is 13.0. The van der Waals surface area contributed by atoms with Crippen LogP contribution >= 0.6 is 0 Å². The molecule has 120 valence electrons. The molecule has 1 aliphatic heterocycles. The number of ketones is 1. The lowest BCUT2D eigenvalue weighted by Crippen LogP contribution is -2.50. The molecule has 21 heavy (non-hydrogen) atoms. The maximum atomic E-state index is 12.0. The number of rotatable bonds is 7. The molecule has 0 spiro atoms. The molecule has 3 unspecified atom stereocenters. The van der Waals surface area contributed by atoms with E-state index in [1.54, 1.807) is 11.9 Å². The highest BCUT2D eigenvalue weighted by atomic mass is 16.5. The number of likely N-dealkylation sites (N-methyl/N-ethyl adjacent to an activating group) is 1. The molecule has 1 aliphatic rings. The number of hydrogen-bond donors (Lipinski definition) is 2. The number of carbonyl (C=O) groups excluding carboxylic acids is 2. The molecule has 7 heteroatoms. The molecular weight excluding hydrogens is 276 g/mol. The molecule has 1 rings (SSSR count). The van der Waals surface area contributed by atoms with Crippen LogP contribution in [-0.4, -0.2) is 66.6 Å². The van der Waals surface area contributed by atoms with E-state index < -0.39 is 17.9 Å². The smallest absolute Gasteiger partial charge is 0.310 e. The van der Waals surface area contributed by atoms with Gasteiger partial charge in [0.1, 0.15) is 0 Å². The Kier molecular flexibility index (Phi) is 6.29. The van der Waals surface area contributed by atoms with E-state index >= 15 is 0 Å². The number of Topliss-reactive ketones (excluding diaryl/α,β-unsaturated/α-hetero) is 1. The molecule has 0 radical (unpaired) electrons. The molecule has 2 N–H and O–H groups in total. The molecule has 3 atom stereocenters. The average molecular weight is 300 g/mol. The highest BCUT2D eigenvalue weighted by molar-refractivity contribution is 5.88. The van der Waals surface area contributed by atoms with Crippen LogP contribution in [0.4, 0.5) is 0 Å². The van der Waals surface area contributed by atoms with Crippen LogP contribution in [-0.2, 0) is 19.1 Å². The Morgan fingerprint density at radius 1 is 1.33 bits per heavy atom. The minimum Gasteiger partial charge on any atom is -0.481 e. The molecule has 0 aromatic heterocycles. The van der Waals surface area contributed by atoms with Crippen molar-refractivity contribution in [3.63, 3.8) is 0 Å². The molecule has 1 fully saturated rings. The monoisotopic (exact) mass is 300 g/mol. The molecule has 0 saturated carbocycles. The van der Waals surface area contributed by atoms with Crippen molar-refractivity contribution in [2.24, 2.45) is 11.8 Å². The lowest BCUT2D eigenvalue weighted by molar-refractivity contribution is -0.143. The second-order valence-corrected chi connectivity index (χ2v) is 5.86. The Morgan fingerprint density at radius 3 is 2.43 bits per heavy atom. The minimum absolute atomic E-state index is 0.0124. The predicted molar refractivity (Wildman–Crippen MR) is 75.8 cm³/mol. The quantitative estimate of drug-likeness (QED) is 0.673. The van der Waals surface area contributed by atoms with E-state index in [1.165, 1.54) is 6.92 Å². The van der Waals surface area contributed by atoms with E-state index in [1.807, 2.05) is 13.8 Å². The van der Waals surface area contributed by atoms with Crippen LogP contribution in [0.2, 0.25) is 0 Å². The van der Waals surface area contributed by atoms with Crippen LogP contribution in [0.1, 0.15) is 20.8 Å². The number of hydrogen-bond acceptors (Lipinski definition) is 5. The normalized spacial score (nSPS) is 23.3. The first kappa shape index (κ1) is 17.6. The Balaban J connectivity index is 2.57. The average Bonchev–Trinajstić information content (AvgIpc) is 2.84. The number of carboxylic acid groups (broad SMARTS) is 1. The third-order valence-corrected chi connectivity index (χ3v) is 3.75. The fourth-order valence-electron chi connectivity index (χ4n) is 2.51. The Hall–Kier alpha value is -1.47. The van der Waals surface area contributed by atoms with Crippen molar-refractivity contribution in [3.05, 3.63) is 0 Å². The van der Waals surface area contributed by atoms with E-state index in [0.29, 0.717) is 6.61 Å². The summed E-state index contributed by atoms with van der Waals surface area (Å²) in [7, 11) is 1.69. The number of amides is 1. The van der Waals surface area contributed by atoms with E-state index in [9.17, 15) is 14.4 Å². The predicted octanol–water partition coefficient (Wildman–Crippen LogP) is -0.252. The minimum atomic E-state index is -0.923. The van der Waals surface area contributed by atoms with Gasteiger partial charge in [-0.15, -0.1) is 0 Å². The van der Waals surface area contributed by atoms with Crippen molar-refractivity contribution in [3.8, 4) is 0 Å². The molecular formula is C14H24N2O5. The van der Waals surface area contributed by atoms with Gasteiger partial charge in [0, 0.05) is 6.04 Å². The summed E-state index contributed by atoms with van der Waals surface area (Å²) in [6.45, 7) is 5.66. The van der Waals surface area contributed by atoms with Gasteiger partial charge in [-0.3, -0.25) is 19.3 Å². The zero-order valence-electron chi connectivity index (χ0n) is 13.0. The first-order valence-corrected chi connectivity index (χ1v) is 7.04. The lowest BCUT2D eigenvalue weighted by atomic mass is 10.0. The van der Waals surface area contributed by atoms with Gasteiger partial charge in [0.2, 0.25) is 5.91 Å². The van der Waals surface area contributed by atoms with E-state index in [-0.39, 0.29) is 36.8 Å². The number of carbonyl (C=O) groups is 3. The third kappa shape index (κ3) is 4.78. The fourth-order valence-corrected chi connectivity index (χ4v) is 2.51. The second-order valence-electron chi connectivity index (χ2n) is 5.86. The summed E-state index contributed by atoms with van der Waals surface area (Å²) in [5, 5.41) is 11.8. The number of carboxylic acids is 1. The number of nitrogens with zero attached hydrogens (tertiary/aromatic N) is 1.